The Kier molecular flexibility index (Phi) is 3.90. The zero-order valence-corrected chi connectivity index (χ0v) is 12.0. The van der Waals surface area contributed by atoms with Crippen molar-refractivity contribution >= 4 is 21.4 Å². The first-order chi connectivity index (χ1) is 8.38. The van der Waals surface area contributed by atoms with Gasteiger partial charge < -0.3 is 10.3 Å². The third kappa shape index (κ3) is 3.00. The molecule has 1 fully saturated rings. The van der Waals surface area contributed by atoms with Crippen LogP contribution < -0.4 is 14.9 Å². The van der Waals surface area contributed by atoms with Crippen LogP contribution in [0.2, 0.25) is 0 Å². The van der Waals surface area contributed by atoms with Crippen LogP contribution in [0, 0.1) is 6.92 Å². The average Bonchev–Trinajstić information content (AvgIpc) is 2.58. The molecule has 0 radical (unpaired) electrons. The topological polar surface area (TPSA) is 91.1 Å². The molecule has 3 N–H and O–H groups in total. The highest BCUT2D eigenvalue weighted by Crippen LogP contribution is 2.18. The summed E-state index contributed by atoms with van der Waals surface area (Å²) in [6, 6.07) is 0.236. The number of aromatic amines is 1. The van der Waals surface area contributed by atoms with E-state index in [-0.39, 0.29) is 15.1 Å². The van der Waals surface area contributed by atoms with Crippen LogP contribution in [0.4, 0.5) is 0 Å². The highest BCUT2D eigenvalue weighted by molar-refractivity contribution is 7.91. The molecule has 0 amide bonds. The van der Waals surface area contributed by atoms with Crippen molar-refractivity contribution in [2.45, 2.75) is 43.0 Å². The molecule has 2 unspecified atom stereocenters. The fraction of sp³-hybridized carbons (Fsp3) is 0.700. The molecule has 2 atom stereocenters. The summed E-state index contributed by atoms with van der Waals surface area (Å²) in [6.07, 6.45) is 1.53. The average molecular weight is 291 g/mol. The standard InChI is InChI=1S/C10H17N3O3S2/c1-6-5-8(3-4-11-6)13-18(15,16)9-7(2)12-10(14)17-9/h6,8,11,13H,3-5H2,1-2H3,(H,12,14). The molecule has 1 aliphatic heterocycles. The Balaban J connectivity index is 2.17. The minimum Gasteiger partial charge on any atom is -0.315 e. The predicted octanol–water partition coefficient (Wildman–Crippen LogP) is 0.164. The Bertz CT molecular complexity index is 575. The summed E-state index contributed by atoms with van der Waals surface area (Å²) < 4.78 is 27.1. The SMILES string of the molecule is Cc1[nH]c(=O)sc1S(=O)(=O)NC1CCNC(C)C1. The molecule has 0 aromatic carbocycles. The summed E-state index contributed by atoms with van der Waals surface area (Å²) in [5.74, 6) is 0. The Morgan fingerprint density at radius 1 is 1.44 bits per heavy atom. The molecule has 1 aromatic heterocycles. The second-order valence-electron chi connectivity index (χ2n) is 4.62. The van der Waals surface area contributed by atoms with Gasteiger partial charge >= 0.3 is 4.87 Å². The maximum absolute atomic E-state index is 12.2. The number of piperidine rings is 1. The van der Waals surface area contributed by atoms with Crippen molar-refractivity contribution in [3.05, 3.63) is 15.4 Å². The number of thiazole rings is 1. The number of hydrogen-bond acceptors (Lipinski definition) is 5. The van der Waals surface area contributed by atoms with Gasteiger partial charge in [0.05, 0.1) is 0 Å². The molecule has 0 aliphatic carbocycles. The lowest BCUT2D eigenvalue weighted by molar-refractivity contribution is 0.361. The minimum absolute atomic E-state index is 0.0668. The third-order valence-corrected chi connectivity index (χ3v) is 6.10. The molecule has 2 rings (SSSR count). The quantitative estimate of drug-likeness (QED) is 0.740. The summed E-state index contributed by atoms with van der Waals surface area (Å²) in [7, 11) is -3.58. The minimum atomic E-state index is -3.58. The van der Waals surface area contributed by atoms with E-state index in [1.54, 1.807) is 6.92 Å². The molecule has 1 aromatic rings. The van der Waals surface area contributed by atoms with E-state index in [1.165, 1.54) is 0 Å². The van der Waals surface area contributed by atoms with Crippen LogP contribution in [-0.2, 0) is 10.0 Å². The fourth-order valence-electron chi connectivity index (χ4n) is 2.16. The van der Waals surface area contributed by atoms with E-state index >= 15 is 0 Å². The van der Waals surface area contributed by atoms with E-state index in [0.717, 1.165) is 30.7 Å². The Labute approximate surface area is 110 Å². The highest BCUT2D eigenvalue weighted by atomic mass is 32.2. The zero-order chi connectivity index (χ0) is 13.3. The molecule has 0 spiro atoms. The normalized spacial score (nSPS) is 25.2. The molecule has 2 heterocycles. The van der Waals surface area contributed by atoms with Gasteiger partial charge in [0.15, 0.2) is 4.21 Å². The molecule has 0 bridgehead atoms. The maximum atomic E-state index is 12.2. The molecule has 0 saturated carbocycles. The van der Waals surface area contributed by atoms with Crippen LogP contribution in [0.3, 0.4) is 0 Å². The molecular weight excluding hydrogens is 274 g/mol. The van der Waals surface area contributed by atoms with E-state index in [0.29, 0.717) is 11.7 Å². The lowest BCUT2D eigenvalue weighted by Crippen LogP contribution is -2.46. The van der Waals surface area contributed by atoms with Crippen molar-refractivity contribution < 1.29 is 8.42 Å². The molecule has 1 saturated heterocycles. The van der Waals surface area contributed by atoms with Gasteiger partial charge in [0.25, 0.3) is 10.0 Å². The van der Waals surface area contributed by atoms with Gasteiger partial charge in [-0.15, -0.1) is 0 Å². The van der Waals surface area contributed by atoms with Crippen LogP contribution in [0.15, 0.2) is 9.00 Å². The first-order valence-corrected chi connectivity index (χ1v) is 8.14. The first kappa shape index (κ1) is 13.7. The molecule has 102 valence electrons. The zero-order valence-electron chi connectivity index (χ0n) is 10.3. The molecule has 6 nitrogen and oxygen atoms in total. The first-order valence-electron chi connectivity index (χ1n) is 5.84. The summed E-state index contributed by atoms with van der Waals surface area (Å²) in [4.78, 5) is 13.3. The number of H-pyrrole nitrogens is 1. The summed E-state index contributed by atoms with van der Waals surface area (Å²) >= 11 is 0.733. The predicted molar refractivity (Wildman–Crippen MR) is 70.5 cm³/mol. The van der Waals surface area contributed by atoms with Crippen molar-refractivity contribution in [3.63, 3.8) is 0 Å². The lowest BCUT2D eigenvalue weighted by Gasteiger charge is -2.28. The van der Waals surface area contributed by atoms with Gasteiger partial charge in [0, 0.05) is 17.8 Å². The van der Waals surface area contributed by atoms with Crippen molar-refractivity contribution in [2.24, 2.45) is 0 Å². The van der Waals surface area contributed by atoms with E-state index in [2.05, 4.69) is 15.0 Å². The van der Waals surface area contributed by atoms with Crippen molar-refractivity contribution in [1.29, 1.82) is 0 Å². The number of hydrogen-bond donors (Lipinski definition) is 3. The molecule has 8 heteroatoms. The van der Waals surface area contributed by atoms with Gasteiger partial charge in [-0.2, -0.15) is 0 Å². The van der Waals surface area contributed by atoms with Crippen LogP contribution in [0.25, 0.3) is 0 Å². The highest BCUT2D eigenvalue weighted by Gasteiger charge is 2.27. The molecule has 18 heavy (non-hydrogen) atoms. The second-order valence-corrected chi connectivity index (χ2v) is 7.52. The lowest BCUT2D eigenvalue weighted by atomic mass is 10.0. The summed E-state index contributed by atoms with van der Waals surface area (Å²) in [5.41, 5.74) is 0.402. The number of rotatable bonds is 3. The number of aryl methyl sites for hydroxylation is 1. The van der Waals surface area contributed by atoms with Crippen LogP contribution in [0.5, 0.6) is 0 Å². The van der Waals surface area contributed by atoms with Gasteiger partial charge in [0.2, 0.25) is 0 Å². The number of sulfonamides is 1. The van der Waals surface area contributed by atoms with E-state index in [4.69, 9.17) is 0 Å². The Morgan fingerprint density at radius 2 is 2.17 bits per heavy atom. The van der Waals surface area contributed by atoms with Gasteiger partial charge in [-0.1, -0.05) is 11.3 Å². The van der Waals surface area contributed by atoms with Crippen molar-refractivity contribution in [1.82, 2.24) is 15.0 Å². The summed E-state index contributed by atoms with van der Waals surface area (Å²) in [5, 5.41) is 3.26. The molecular formula is C10H17N3O3S2. The van der Waals surface area contributed by atoms with Gasteiger partial charge in [-0.05, 0) is 33.2 Å². The van der Waals surface area contributed by atoms with Crippen LogP contribution >= 0.6 is 11.3 Å². The summed E-state index contributed by atoms with van der Waals surface area (Å²) in [6.45, 7) is 4.43. The smallest absolute Gasteiger partial charge is 0.305 e. The van der Waals surface area contributed by atoms with E-state index < -0.39 is 10.0 Å². The largest absolute Gasteiger partial charge is 0.315 e. The monoisotopic (exact) mass is 291 g/mol. The third-order valence-electron chi connectivity index (χ3n) is 2.97. The maximum Gasteiger partial charge on any atom is 0.305 e. The van der Waals surface area contributed by atoms with Gasteiger partial charge in [0.1, 0.15) is 0 Å². The van der Waals surface area contributed by atoms with E-state index in [9.17, 15) is 13.2 Å². The van der Waals surface area contributed by atoms with Gasteiger partial charge in [-0.25, -0.2) is 13.1 Å². The van der Waals surface area contributed by atoms with Crippen molar-refractivity contribution in [2.75, 3.05) is 6.54 Å². The Morgan fingerprint density at radius 3 is 2.72 bits per heavy atom. The van der Waals surface area contributed by atoms with E-state index in [1.807, 2.05) is 6.92 Å². The second kappa shape index (κ2) is 5.12. The van der Waals surface area contributed by atoms with Crippen LogP contribution in [-0.4, -0.2) is 32.0 Å². The number of aromatic nitrogens is 1. The Hall–Kier alpha value is -0.700. The van der Waals surface area contributed by atoms with Gasteiger partial charge in [-0.3, -0.25) is 4.79 Å². The molecule has 1 aliphatic rings. The fourth-order valence-corrected chi connectivity index (χ4v) is 4.76. The number of nitrogens with one attached hydrogen (secondary N) is 3. The van der Waals surface area contributed by atoms with Crippen LogP contribution in [0.1, 0.15) is 25.5 Å². The van der Waals surface area contributed by atoms with Crippen molar-refractivity contribution in [3.8, 4) is 0 Å².